The van der Waals surface area contributed by atoms with E-state index in [-0.39, 0.29) is 17.8 Å². The van der Waals surface area contributed by atoms with Crippen molar-refractivity contribution in [2.45, 2.75) is 32.0 Å². The van der Waals surface area contributed by atoms with Crippen LogP contribution >= 0.6 is 0 Å². The second-order valence-electron chi connectivity index (χ2n) is 3.71. The van der Waals surface area contributed by atoms with Crippen LogP contribution < -0.4 is 0 Å². The van der Waals surface area contributed by atoms with Crippen molar-refractivity contribution in [2.24, 2.45) is 0 Å². The molecular formula is C12H16O5. The van der Waals surface area contributed by atoms with E-state index in [0.717, 1.165) is 25.0 Å². The molecule has 1 fully saturated rings. The van der Waals surface area contributed by atoms with Crippen LogP contribution in [0.15, 0.2) is 24.3 Å². The molecule has 5 nitrogen and oxygen atoms in total. The number of aliphatic carboxylic acids is 1. The second kappa shape index (κ2) is 6.20. The molecule has 1 aliphatic carbocycles. The van der Waals surface area contributed by atoms with E-state index in [4.69, 9.17) is 14.6 Å². The van der Waals surface area contributed by atoms with E-state index in [1.165, 1.54) is 0 Å². The van der Waals surface area contributed by atoms with Crippen LogP contribution in [-0.2, 0) is 19.1 Å². The number of carboxylic acid groups (broad SMARTS) is 1. The molecule has 0 saturated heterocycles. The van der Waals surface area contributed by atoms with Gasteiger partial charge >= 0.3 is 11.9 Å². The molecule has 1 aliphatic rings. The number of carboxylic acids is 1. The Balaban J connectivity index is 2.39. The standard InChI is InChI=1S/C12H16O5/c1-3-16-9-5-6-10(9)17-12(15)8(2)4-7-11(13)14/h4,7,9-10H,2-3,5-6H2,1H3,(H,13,14). The molecule has 0 heterocycles. The number of rotatable bonds is 6. The fourth-order valence-electron chi connectivity index (χ4n) is 1.43. The zero-order chi connectivity index (χ0) is 12.8. The molecule has 0 radical (unpaired) electrons. The Bertz CT molecular complexity index is 345. The third kappa shape index (κ3) is 4.03. The molecule has 2 atom stereocenters. The Labute approximate surface area is 99.7 Å². The molecule has 0 aliphatic heterocycles. The summed E-state index contributed by atoms with van der Waals surface area (Å²) < 4.78 is 10.5. The topological polar surface area (TPSA) is 72.8 Å². The first-order chi connectivity index (χ1) is 8.04. The number of esters is 1. The van der Waals surface area contributed by atoms with E-state index >= 15 is 0 Å². The Morgan fingerprint density at radius 1 is 1.35 bits per heavy atom. The minimum atomic E-state index is -1.13. The van der Waals surface area contributed by atoms with E-state index in [9.17, 15) is 9.59 Å². The van der Waals surface area contributed by atoms with Gasteiger partial charge in [0.25, 0.3) is 0 Å². The molecule has 1 N–H and O–H groups in total. The molecule has 0 aromatic rings. The smallest absolute Gasteiger partial charge is 0.337 e. The van der Waals surface area contributed by atoms with Gasteiger partial charge < -0.3 is 14.6 Å². The molecule has 94 valence electrons. The van der Waals surface area contributed by atoms with Gasteiger partial charge in [-0.2, -0.15) is 0 Å². The average molecular weight is 240 g/mol. The number of ether oxygens (including phenoxy) is 2. The highest BCUT2D eigenvalue weighted by Gasteiger charge is 2.34. The maximum atomic E-state index is 11.5. The average Bonchev–Trinajstić information content (AvgIpc) is 2.27. The van der Waals surface area contributed by atoms with Crippen LogP contribution in [0.3, 0.4) is 0 Å². The van der Waals surface area contributed by atoms with E-state index in [2.05, 4.69) is 6.58 Å². The maximum Gasteiger partial charge on any atom is 0.337 e. The molecule has 1 rings (SSSR count). The highest BCUT2D eigenvalue weighted by atomic mass is 16.6. The quantitative estimate of drug-likeness (QED) is 0.430. The molecular weight excluding hydrogens is 224 g/mol. The van der Waals surface area contributed by atoms with Crippen LogP contribution in [0.2, 0.25) is 0 Å². The van der Waals surface area contributed by atoms with Crippen molar-refractivity contribution in [3.05, 3.63) is 24.3 Å². The highest BCUT2D eigenvalue weighted by Crippen LogP contribution is 2.27. The largest absolute Gasteiger partial charge is 0.478 e. The summed E-state index contributed by atoms with van der Waals surface area (Å²) in [7, 11) is 0. The van der Waals surface area contributed by atoms with Crippen LogP contribution in [0.25, 0.3) is 0 Å². The molecule has 2 unspecified atom stereocenters. The zero-order valence-corrected chi connectivity index (χ0v) is 9.72. The first kappa shape index (κ1) is 13.4. The van der Waals surface area contributed by atoms with Gasteiger partial charge in [0.1, 0.15) is 6.10 Å². The van der Waals surface area contributed by atoms with Gasteiger partial charge in [0.2, 0.25) is 0 Å². The van der Waals surface area contributed by atoms with Gasteiger partial charge in [-0.15, -0.1) is 0 Å². The third-order valence-electron chi connectivity index (χ3n) is 2.48. The summed E-state index contributed by atoms with van der Waals surface area (Å²) in [5.41, 5.74) is 0.0227. The lowest BCUT2D eigenvalue weighted by Gasteiger charge is -2.35. The lowest BCUT2D eigenvalue weighted by Crippen LogP contribution is -2.42. The van der Waals surface area contributed by atoms with E-state index in [0.29, 0.717) is 6.61 Å². The predicted octanol–water partition coefficient (Wildman–Crippen LogP) is 1.29. The molecule has 0 spiro atoms. The van der Waals surface area contributed by atoms with Crippen LogP contribution in [0.5, 0.6) is 0 Å². The lowest BCUT2D eigenvalue weighted by atomic mass is 9.91. The van der Waals surface area contributed by atoms with E-state index in [1.807, 2.05) is 6.92 Å². The molecule has 5 heteroatoms. The Kier molecular flexibility index (Phi) is 4.90. The summed E-state index contributed by atoms with van der Waals surface area (Å²) in [6.07, 6.45) is 3.34. The van der Waals surface area contributed by atoms with Crippen molar-refractivity contribution in [3.8, 4) is 0 Å². The summed E-state index contributed by atoms with van der Waals surface area (Å²) in [6, 6.07) is 0. The number of hydrogen-bond acceptors (Lipinski definition) is 4. The molecule has 17 heavy (non-hydrogen) atoms. The van der Waals surface area contributed by atoms with Gasteiger partial charge in [0, 0.05) is 12.7 Å². The van der Waals surface area contributed by atoms with Gasteiger partial charge in [-0.1, -0.05) is 6.58 Å². The molecule has 1 saturated carbocycles. The molecule has 0 aromatic carbocycles. The Morgan fingerprint density at radius 2 is 2.00 bits per heavy atom. The highest BCUT2D eigenvalue weighted by molar-refractivity contribution is 5.93. The normalized spacial score (nSPS) is 23.1. The predicted molar refractivity (Wildman–Crippen MR) is 60.4 cm³/mol. The fourth-order valence-corrected chi connectivity index (χ4v) is 1.43. The van der Waals surface area contributed by atoms with Gasteiger partial charge in [-0.3, -0.25) is 0 Å². The number of carbonyl (C=O) groups is 2. The monoisotopic (exact) mass is 240 g/mol. The first-order valence-corrected chi connectivity index (χ1v) is 5.47. The molecule has 0 aromatic heterocycles. The summed E-state index contributed by atoms with van der Waals surface area (Å²) in [5, 5.41) is 8.40. The van der Waals surface area contributed by atoms with Crippen molar-refractivity contribution < 1.29 is 24.2 Å². The van der Waals surface area contributed by atoms with Crippen molar-refractivity contribution in [3.63, 3.8) is 0 Å². The second-order valence-corrected chi connectivity index (χ2v) is 3.71. The molecule has 0 amide bonds. The van der Waals surface area contributed by atoms with Crippen molar-refractivity contribution in [2.75, 3.05) is 6.61 Å². The molecule has 0 bridgehead atoms. The summed E-state index contributed by atoms with van der Waals surface area (Å²) >= 11 is 0. The number of hydrogen-bond donors (Lipinski definition) is 1. The van der Waals surface area contributed by atoms with Crippen molar-refractivity contribution in [1.29, 1.82) is 0 Å². The summed E-state index contributed by atoms with van der Waals surface area (Å²) in [4.78, 5) is 21.7. The first-order valence-electron chi connectivity index (χ1n) is 5.47. The SMILES string of the molecule is C=C(C=CC(=O)O)C(=O)OC1CCC1OCC. The van der Waals surface area contributed by atoms with Crippen LogP contribution in [0, 0.1) is 0 Å². The lowest BCUT2D eigenvalue weighted by molar-refractivity contribution is -0.165. The number of carbonyl (C=O) groups excluding carboxylic acids is 1. The zero-order valence-electron chi connectivity index (χ0n) is 9.72. The maximum absolute atomic E-state index is 11.5. The minimum Gasteiger partial charge on any atom is -0.478 e. The Morgan fingerprint density at radius 3 is 2.47 bits per heavy atom. The van der Waals surface area contributed by atoms with Gasteiger partial charge in [0.15, 0.2) is 0 Å². The van der Waals surface area contributed by atoms with Gasteiger partial charge in [-0.05, 0) is 25.8 Å². The third-order valence-corrected chi connectivity index (χ3v) is 2.48. The summed E-state index contributed by atoms with van der Waals surface area (Å²) in [6.45, 7) is 5.91. The van der Waals surface area contributed by atoms with Crippen LogP contribution in [0.1, 0.15) is 19.8 Å². The van der Waals surface area contributed by atoms with Gasteiger partial charge in [-0.25, -0.2) is 9.59 Å². The van der Waals surface area contributed by atoms with E-state index in [1.54, 1.807) is 0 Å². The fraction of sp³-hybridized carbons (Fsp3) is 0.500. The minimum absolute atomic E-state index is 0.0227. The summed E-state index contributed by atoms with van der Waals surface area (Å²) in [5.74, 6) is -1.73. The van der Waals surface area contributed by atoms with Crippen molar-refractivity contribution >= 4 is 11.9 Å². The van der Waals surface area contributed by atoms with E-state index < -0.39 is 11.9 Å². The van der Waals surface area contributed by atoms with Crippen LogP contribution in [-0.4, -0.2) is 35.9 Å². The van der Waals surface area contributed by atoms with Crippen LogP contribution in [0.4, 0.5) is 0 Å². The Hall–Kier alpha value is -1.62. The van der Waals surface area contributed by atoms with Gasteiger partial charge in [0.05, 0.1) is 11.7 Å². The van der Waals surface area contributed by atoms with Crippen molar-refractivity contribution in [1.82, 2.24) is 0 Å².